The molecule has 0 aliphatic carbocycles. The summed E-state index contributed by atoms with van der Waals surface area (Å²) in [5.74, 6) is 1.33. The molecule has 0 atom stereocenters. The van der Waals surface area contributed by atoms with Gasteiger partial charge in [0.05, 0.1) is 17.2 Å². The molecule has 0 aliphatic heterocycles. The van der Waals surface area contributed by atoms with Crippen molar-refractivity contribution in [1.29, 1.82) is 0 Å². The maximum atomic E-state index is 13.2. The van der Waals surface area contributed by atoms with E-state index in [0.29, 0.717) is 28.5 Å². The van der Waals surface area contributed by atoms with Gasteiger partial charge in [-0.1, -0.05) is 11.6 Å². The van der Waals surface area contributed by atoms with Crippen LogP contribution in [0.4, 0.5) is 5.69 Å². The van der Waals surface area contributed by atoms with E-state index >= 15 is 0 Å². The highest BCUT2D eigenvalue weighted by Crippen LogP contribution is 2.32. The number of amides is 1. The molecule has 0 unspecified atom stereocenters. The molecule has 144 valence electrons. The number of hydrogen-bond donors (Lipinski definition) is 1. The molecular formula is C22H21ClN2O3. The van der Waals surface area contributed by atoms with Crippen molar-refractivity contribution in [3.63, 3.8) is 0 Å². The van der Waals surface area contributed by atoms with Crippen molar-refractivity contribution in [2.24, 2.45) is 7.05 Å². The van der Waals surface area contributed by atoms with Crippen LogP contribution in [0.1, 0.15) is 28.7 Å². The number of rotatable bonds is 4. The lowest BCUT2D eigenvalue weighted by Gasteiger charge is -2.07. The van der Waals surface area contributed by atoms with Crippen molar-refractivity contribution in [2.45, 2.75) is 20.8 Å². The van der Waals surface area contributed by atoms with Gasteiger partial charge in [0, 0.05) is 34.7 Å². The molecule has 4 aromatic rings. The molecule has 0 spiro atoms. The highest BCUT2D eigenvalue weighted by molar-refractivity contribution is 6.35. The maximum absolute atomic E-state index is 13.2. The summed E-state index contributed by atoms with van der Waals surface area (Å²) in [6, 6.07) is 11.3. The number of nitrogens with zero attached hydrogens (tertiary/aromatic N) is 1. The Bertz CT molecular complexity index is 1220. The Morgan fingerprint density at radius 3 is 2.75 bits per heavy atom. The molecule has 6 heteroatoms. The van der Waals surface area contributed by atoms with Crippen LogP contribution in [0.15, 0.2) is 40.8 Å². The molecule has 0 bridgehead atoms. The molecule has 0 aliphatic rings. The van der Waals surface area contributed by atoms with E-state index in [1.54, 1.807) is 6.07 Å². The van der Waals surface area contributed by atoms with Crippen LogP contribution in [-0.4, -0.2) is 17.1 Å². The fourth-order valence-electron chi connectivity index (χ4n) is 3.60. The molecular weight excluding hydrogens is 376 g/mol. The number of carbonyl (C=O) groups is 1. The molecule has 0 radical (unpaired) electrons. The number of fused-ring (bicyclic) bond motifs is 2. The first-order valence-electron chi connectivity index (χ1n) is 9.12. The van der Waals surface area contributed by atoms with Crippen LogP contribution in [0.25, 0.3) is 21.9 Å². The number of benzene rings is 2. The fraction of sp³-hybridized carbons (Fsp3) is 0.227. The molecule has 0 saturated heterocycles. The Morgan fingerprint density at radius 1 is 1.21 bits per heavy atom. The van der Waals surface area contributed by atoms with E-state index in [1.165, 1.54) is 0 Å². The van der Waals surface area contributed by atoms with Crippen LogP contribution >= 0.6 is 11.6 Å². The van der Waals surface area contributed by atoms with E-state index in [-0.39, 0.29) is 5.91 Å². The van der Waals surface area contributed by atoms with E-state index in [1.807, 2.05) is 62.7 Å². The first-order chi connectivity index (χ1) is 13.4. The fourth-order valence-corrected chi connectivity index (χ4v) is 3.86. The van der Waals surface area contributed by atoms with Gasteiger partial charge in [-0.15, -0.1) is 0 Å². The summed E-state index contributed by atoms with van der Waals surface area (Å²) in [4.78, 5) is 13.2. The monoisotopic (exact) mass is 396 g/mol. The number of aromatic nitrogens is 1. The van der Waals surface area contributed by atoms with E-state index in [0.717, 1.165) is 33.5 Å². The number of halogens is 1. The highest BCUT2D eigenvalue weighted by Gasteiger charge is 2.20. The van der Waals surface area contributed by atoms with Crippen molar-refractivity contribution in [3.8, 4) is 5.75 Å². The van der Waals surface area contributed by atoms with Crippen molar-refractivity contribution < 1.29 is 13.9 Å². The van der Waals surface area contributed by atoms with Gasteiger partial charge in [-0.3, -0.25) is 4.79 Å². The Balaban J connectivity index is 1.76. The summed E-state index contributed by atoms with van der Waals surface area (Å²) >= 11 is 6.33. The lowest BCUT2D eigenvalue weighted by atomic mass is 10.1. The van der Waals surface area contributed by atoms with E-state index in [9.17, 15) is 4.79 Å². The summed E-state index contributed by atoms with van der Waals surface area (Å²) in [5.41, 5.74) is 3.73. The molecule has 1 amide bonds. The zero-order valence-electron chi connectivity index (χ0n) is 16.2. The van der Waals surface area contributed by atoms with E-state index in [4.69, 9.17) is 20.8 Å². The average Bonchev–Trinajstić information content (AvgIpc) is 3.13. The van der Waals surface area contributed by atoms with Crippen LogP contribution < -0.4 is 10.1 Å². The van der Waals surface area contributed by atoms with Crippen molar-refractivity contribution in [2.75, 3.05) is 11.9 Å². The average molecular weight is 397 g/mol. The summed E-state index contributed by atoms with van der Waals surface area (Å²) in [6.07, 6.45) is 0. The number of anilines is 1. The number of nitrogens with one attached hydrogen (secondary N) is 1. The second-order valence-electron chi connectivity index (χ2n) is 6.82. The van der Waals surface area contributed by atoms with E-state index < -0.39 is 0 Å². The third-order valence-corrected chi connectivity index (χ3v) is 5.23. The van der Waals surface area contributed by atoms with Gasteiger partial charge in [-0.05, 0) is 57.2 Å². The predicted octanol–water partition coefficient (Wildman–Crippen LogP) is 5.85. The van der Waals surface area contributed by atoms with Gasteiger partial charge in [-0.2, -0.15) is 0 Å². The van der Waals surface area contributed by atoms with Crippen LogP contribution in [0.5, 0.6) is 5.75 Å². The van der Waals surface area contributed by atoms with Gasteiger partial charge in [0.25, 0.3) is 5.91 Å². The molecule has 2 heterocycles. The van der Waals surface area contributed by atoms with Gasteiger partial charge in [0.15, 0.2) is 5.58 Å². The van der Waals surface area contributed by atoms with Gasteiger partial charge < -0.3 is 19.0 Å². The largest absolute Gasteiger partial charge is 0.494 e. The van der Waals surface area contributed by atoms with Crippen molar-refractivity contribution >= 4 is 45.1 Å². The molecule has 5 nitrogen and oxygen atoms in total. The molecule has 4 rings (SSSR count). The number of ether oxygens (including phenoxy) is 1. The van der Waals surface area contributed by atoms with Gasteiger partial charge in [0.1, 0.15) is 11.5 Å². The van der Waals surface area contributed by atoms with Crippen molar-refractivity contribution in [3.05, 3.63) is 58.4 Å². The lowest BCUT2D eigenvalue weighted by molar-refractivity contribution is 0.102. The first kappa shape index (κ1) is 18.4. The quantitative estimate of drug-likeness (QED) is 0.471. The molecule has 1 N–H and O–H groups in total. The Hall–Kier alpha value is -2.92. The highest BCUT2D eigenvalue weighted by atomic mass is 35.5. The Kier molecular flexibility index (Phi) is 4.55. The zero-order chi connectivity index (χ0) is 20.0. The van der Waals surface area contributed by atoms with Crippen LogP contribution in [0.3, 0.4) is 0 Å². The van der Waals surface area contributed by atoms with Crippen LogP contribution in [-0.2, 0) is 7.05 Å². The minimum atomic E-state index is -0.188. The smallest absolute Gasteiger partial charge is 0.258 e. The normalized spacial score (nSPS) is 11.3. The van der Waals surface area contributed by atoms with Crippen LogP contribution in [0.2, 0.25) is 5.02 Å². The van der Waals surface area contributed by atoms with Gasteiger partial charge in [-0.25, -0.2) is 0 Å². The van der Waals surface area contributed by atoms with Crippen LogP contribution in [0, 0.1) is 13.8 Å². The van der Waals surface area contributed by atoms with Gasteiger partial charge >= 0.3 is 0 Å². The maximum Gasteiger partial charge on any atom is 0.258 e. The molecule has 0 saturated carbocycles. The second kappa shape index (κ2) is 6.91. The van der Waals surface area contributed by atoms with Gasteiger partial charge in [0.2, 0.25) is 0 Å². The minimum Gasteiger partial charge on any atom is -0.494 e. The predicted molar refractivity (Wildman–Crippen MR) is 113 cm³/mol. The van der Waals surface area contributed by atoms with E-state index in [2.05, 4.69) is 5.32 Å². The minimum absolute atomic E-state index is 0.188. The topological polar surface area (TPSA) is 56.4 Å². The Morgan fingerprint density at radius 2 is 2.00 bits per heavy atom. The third kappa shape index (κ3) is 3.02. The summed E-state index contributed by atoms with van der Waals surface area (Å²) in [7, 11) is 1.95. The number of aryl methyl sites for hydroxylation is 2. The zero-order valence-corrected chi connectivity index (χ0v) is 17.0. The number of furan rings is 1. The summed E-state index contributed by atoms with van der Waals surface area (Å²) in [6.45, 7) is 6.31. The molecule has 0 fully saturated rings. The number of carbonyl (C=O) groups excluding carboxylic acids is 1. The number of hydrogen-bond acceptors (Lipinski definition) is 3. The van der Waals surface area contributed by atoms with Crippen molar-refractivity contribution in [1.82, 2.24) is 4.57 Å². The summed E-state index contributed by atoms with van der Waals surface area (Å²) in [5, 5.41) is 5.16. The molecule has 2 aromatic heterocycles. The second-order valence-corrected chi connectivity index (χ2v) is 7.23. The third-order valence-electron chi connectivity index (χ3n) is 4.95. The Labute approximate surface area is 167 Å². The molecule has 28 heavy (non-hydrogen) atoms. The molecule has 2 aromatic carbocycles. The lowest BCUT2D eigenvalue weighted by Crippen LogP contribution is -2.13. The SMILES string of the molecule is CCOc1ccc2c(c1)c(C(=O)Nc1cc(Cl)c3oc(C)cc3c1)c(C)n2C. The standard InChI is InChI=1S/C22H21ClN2O3/c1-5-27-16-6-7-19-17(11-16)20(13(3)25(19)4)22(26)24-15-9-14-8-12(2)28-21(14)18(23)10-15/h6-11H,5H2,1-4H3,(H,24,26). The first-order valence-corrected chi connectivity index (χ1v) is 9.49. The summed E-state index contributed by atoms with van der Waals surface area (Å²) < 4.78 is 13.2.